The molecule has 2 aliphatic heterocycles. The maximum absolute atomic E-state index is 12.0. The Bertz CT molecular complexity index is 414. The average Bonchev–Trinajstić information content (AvgIpc) is 2.49. The maximum atomic E-state index is 12.0. The number of hydrazone groups is 1. The molecule has 7 heteroatoms. The first-order valence-corrected chi connectivity index (χ1v) is 6.67. The van der Waals surface area contributed by atoms with Crippen molar-refractivity contribution in [3.8, 4) is 0 Å². The zero-order valence-corrected chi connectivity index (χ0v) is 12.3. The van der Waals surface area contributed by atoms with Gasteiger partial charge < -0.3 is 9.64 Å². The quantitative estimate of drug-likeness (QED) is 0.737. The zero-order chi connectivity index (χ0) is 13.3. The molecule has 1 unspecified atom stereocenters. The lowest BCUT2D eigenvalue weighted by atomic mass is 10.1. The lowest BCUT2D eigenvalue weighted by Crippen LogP contribution is -2.41. The van der Waals surface area contributed by atoms with Gasteiger partial charge in [-0.25, -0.2) is 4.79 Å². The van der Waals surface area contributed by atoms with E-state index >= 15 is 0 Å². The molecule has 6 nitrogen and oxygen atoms in total. The maximum Gasteiger partial charge on any atom is 0.410 e. The first kappa shape index (κ1) is 13.3. The molecule has 1 amide bonds. The summed E-state index contributed by atoms with van der Waals surface area (Å²) in [6.45, 7) is 7.24. The van der Waals surface area contributed by atoms with Gasteiger partial charge in [-0.1, -0.05) is 0 Å². The Kier molecular flexibility index (Phi) is 3.61. The molecule has 0 fully saturated rings. The molecule has 0 saturated heterocycles. The molecule has 0 saturated carbocycles. The number of amidine groups is 1. The standard InChI is InChI=1S/C11H17BrN4O2/c1-11(2,3)18-10(17)16-5-4-13-9-7(6-16)8(12)14-15-9/h7H,4-6H2,1-3H3,(H,13,15). The largest absolute Gasteiger partial charge is 0.444 e. The molecule has 0 radical (unpaired) electrons. The molecular weight excluding hydrogens is 300 g/mol. The van der Waals surface area contributed by atoms with Gasteiger partial charge in [0.15, 0.2) is 0 Å². The second-order valence-corrected chi connectivity index (χ2v) is 6.10. The van der Waals surface area contributed by atoms with Gasteiger partial charge in [0.25, 0.3) is 0 Å². The smallest absolute Gasteiger partial charge is 0.410 e. The van der Waals surface area contributed by atoms with E-state index in [-0.39, 0.29) is 12.0 Å². The summed E-state index contributed by atoms with van der Waals surface area (Å²) in [4.78, 5) is 18.1. The monoisotopic (exact) mass is 316 g/mol. The van der Waals surface area contributed by atoms with E-state index < -0.39 is 5.60 Å². The van der Waals surface area contributed by atoms with Crippen molar-refractivity contribution in [2.24, 2.45) is 16.0 Å². The molecular formula is C11H17BrN4O2. The highest BCUT2D eigenvalue weighted by Crippen LogP contribution is 2.19. The molecule has 1 N–H and O–H groups in total. The van der Waals surface area contributed by atoms with E-state index in [9.17, 15) is 4.79 Å². The van der Waals surface area contributed by atoms with Crippen molar-refractivity contribution < 1.29 is 9.53 Å². The Morgan fingerprint density at radius 3 is 2.94 bits per heavy atom. The number of hydrogen-bond acceptors (Lipinski definition) is 5. The Morgan fingerprint density at radius 1 is 1.56 bits per heavy atom. The molecule has 18 heavy (non-hydrogen) atoms. The molecule has 1 atom stereocenters. The summed E-state index contributed by atoms with van der Waals surface area (Å²) in [6.07, 6.45) is -0.300. The Hall–Kier alpha value is -1.11. The molecule has 0 aromatic carbocycles. The second kappa shape index (κ2) is 4.87. The Balaban J connectivity index is 2.04. The highest BCUT2D eigenvalue weighted by molar-refractivity contribution is 9.18. The highest BCUT2D eigenvalue weighted by atomic mass is 79.9. The number of aliphatic imine (C=N–C) groups is 1. The first-order chi connectivity index (χ1) is 8.37. The van der Waals surface area contributed by atoms with Crippen LogP contribution >= 0.6 is 15.9 Å². The van der Waals surface area contributed by atoms with Crippen LogP contribution in [-0.4, -0.2) is 46.7 Å². The van der Waals surface area contributed by atoms with Gasteiger partial charge in [-0.2, -0.15) is 5.10 Å². The Morgan fingerprint density at radius 2 is 2.28 bits per heavy atom. The predicted octanol–water partition coefficient (Wildman–Crippen LogP) is 1.56. The number of fused-ring (bicyclic) bond motifs is 1. The van der Waals surface area contributed by atoms with Gasteiger partial charge in [0.1, 0.15) is 16.1 Å². The predicted molar refractivity (Wildman–Crippen MR) is 73.1 cm³/mol. The average molecular weight is 317 g/mol. The van der Waals surface area contributed by atoms with E-state index in [0.29, 0.717) is 19.6 Å². The van der Waals surface area contributed by atoms with Crippen LogP contribution in [0, 0.1) is 5.92 Å². The number of rotatable bonds is 0. The molecule has 100 valence electrons. The zero-order valence-electron chi connectivity index (χ0n) is 10.7. The summed E-state index contributed by atoms with van der Waals surface area (Å²) in [5.41, 5.74) is 2.39. The summed E-state index contributed by atoms with van der Waals surface area (Å²) < 4.78 is 6.15. The van der Waals surface area contributed by atoms with Crippen LogP contribution in [0.3, 0.4) is 0 Å². The van der Waals surface area contributed by atoms with E-state index in [1.807, 2.05) is 20.8 Å². The van der Waals surface area contributed by atoms with Crippen LogP contribution in [-0.2, 0) is 4.74 Å². The van der Waals surface area contributed by atoms with Crippen LogP contribution in [0.15, 0.2) is 10.1 Å². The highest BCUT2D eigenvalue weighted by Gasteiger charge is 2.33. The van der Waals surface area contributed by atoms with E-state index in [1.54, 1.807) is 4.90 Å². The molecule has 0 aromatic heterocycles. The normalized spacial score (nSPS) is 23.6. The van der Waals surface area contributed by atoms with E-state index in [4.69, 9.17) is 4.74 Å². The lowest BCUT2D eigenvalue weighted by molar-refractivity contribution is 0.0256. The minimum Gasteiger partial charge on any atom is -0.444 e. The van der Waals surface area contributed by atoms with Crippen molar-refractivity contribution in [3.63, 3.8) is 0 Å². The topological polar surface area (TPSA) is 66.3 Å². The summed E-state index contributed by atoms with van der Waals surface area (Å²) in [6, 6.07) is 0. The molecule has 0 bridgehead atoms. The van der Waals surface area contributed by atoms with Crippen molar-refractivity contribution in [2.45, 2.75) is 26.4 Å². The van der Waals surface area contributed by atoms with Crippen LogP contribution in [0.25, 0.3) is 0 Å². The van der Waals surface area contributed by atoms with Gasteiger partial charge in [-0.15, -0.1) is 0 Å². The summed E-state index contributed by atoms with van der Waals surface area (Å²) in [5.74, 6) is 0.813. The van der Waals surface area contributed by atoms with Crippen molar-refractivity contribution in [2.75, 3.05) is 19.6 Å². The van der Waals surface area contributed by atoms with Crippen LogP contribution in [0.4, 0.5) is 4.79 Å². The second-order valence-electron chi connectivity index (χ2n) is 5.29. The van der Waals surface area contributed by atoms with Crippen molar-refractivity contribution in [1.82, 2.24) is 10.3 Å². The first-order valence-electron chi connectivity index (χ1n) is 5.88. The molecule has 0 aliphatic carbocycles. The number of nitrogens with zero attached hydrogens (tertiary/aromatic N) is 3. The summed E-state index contributed by atoms with van der Waals surface area (Å²) in [5, 5.41) is 4.06. The Labute approximate surface area is 115 Å². The van der Waals surface area contributed by atoms with Crippen LogP contribution < -0.4 is 5.43 Å². The van der Waals surface area contributed by atoms with E-state index in [0.717, 1.165) is 10.5 Å². The van der Waals surface area contributed by atoms with Gasteiger partial charge in [0.2, 0.25) is 0 Å². The third kappa shape index (κ3) is 3.01. The molecule has 0 spiro atoms. The number of carbonyl (C=O) groups excluding carboxylic acids is 1. The van der Waals surface area contributed by atoms with Crippen molar-refractivity contribution in [3.05, 3.63) is 0 Å². The number of amides is 1. The summed E-state index contributed by atoms with van der Waals surface area (Å²) >= 11 is 3.38. The van der Waals surface area contributed by atoms with Gasteiger partial charge in [-0.3, -0.25) is 10.4 Å². The van der Waals surface area contributed by atoms with Crippen LogP contribution in [0.1, 0.15) is 20.8 Å². The fraction of sp³-hybridized carbons (Fsp3) is 0.727. The third-order valence-electron chi connectivity index (χ3n) is 2.60. The van der Waals surface area contributed by atoms with Gasteiger partial charge in [0, 0.05) is 13.1 Å². The number of carbonyl (C=O) groups is 1. The third-order valence-corrected chi connectivity index (χ3v) is 3.33. The fourth-order valence-corrected chi connectivity index (χ4v) is 2.23. The lowest BCUT2D eigenvalue weighted by Gasteiger charge is -2.27. The van der Waals surface area contributed by atoms with Gasteiger partial charge in [0.05, 0.1) is 12.5 Å². The van der Waals surface area contributed by atoms with Crippen molar-refractivity contribution >= 4 is 32.5 Å². The van der Waals surface area contributed by atoms with Crippen LogP contribution in [0.5, 0.6) is 0 Å². The van der Waals surface area contributed by atoms with E-state index in [2.05, 4.69) is 31.4 Å². The number of ether oxygens (including phenoxy) is 1. The fourth-order valence-electron chi connectivity index (χ4n) is 1.78. The summed E-state index contributed by atoms with van der Waals surface area (Å²) in [7, 11) is 0. The minimum absolute atomic E-state index is 0.0000170. The number of nitrogens with one attached hydrogen (secondary N) is 1. The van der Waals surface area contributed by atoms with E-state index in [1.165, 1.54) is 0 Å². The molecule has 2 aliphatic rings. The molecule has 2 rings (SSSR count). The van der Waals surface area contributed by atoms with Crippen LogP contribution in [0.2, 0.25) is 0 Å². The SMILES string of the molecule is CC(C)(C)OC(=O)N1CCN=C2NN=C(Br)C2C1. The molecule has 0 aromatic rings. The van der Waals surface area contributed by atoms with Gasteiger partial charge in [-0.05, 0) is 36.7 Å². The number of halogens is 1. The van der Waals surface area contributed by atoms with Gasteiger partial charge >= 0.3 is 6.09 Å². The van der Waals surface area contributed by atoms with Crippen molar-refractivity contribution in [1.29, 1.82) is 0 Å². The molecule has 2 heterocycles. The number of hydrogen-bond donors (Lipinski definition) is 1. The minimum atomic E-state index is -0.480.